The van der Waals surface area contributed by atoms with Gasteiger partial charge in [0.1, 0.15) is 6.04 Å². The van der Waals surface area contributed by atoms with Gasteiger partial charge in [0.05, 0.1) is 28.7 Å². The zero-order valence-electron chi connectivity index (χ0n) is 17.4. The first-order valence-electron chi connectivity index (χ1n) is 10.4. The topological polar surface area (TPSA) is 85.2 Å². The average molecular weight is 410 g/mol. The first-order chi connectivity index (χ1) is 15.0. The molecule has 7 nitrogen and oxygen atoms in total. The van der Waals surface area contributed by atoms with Crippen LogP contribution in [0, 0.1) is 11.3 Å². The Kier molecular flexibility index (Phi) is 4.55. The molecule has 1 amide bonds. The van der Waals surface area contributed by atoms with Gasteiger partial charge in [0.15, 0.2) is 0 Å². The Hall–Kier alpha value is -3.92. The Morgan fingerprint density at radius 3 is 2.74 bits per heavy atom. The summed E-state index contributed by atoms with van der Waals surface area (Å²) >= 11 is 0. The van der Waals surface area contributed by atoms with Crippen molar-refractivity contribution in [1.82, 2.24) is 9.97 Å². The van der Waals surface area contributed by atoms with Crippen LogP contribution in [-0.4, -0.2) is 35.0 Å². The van der Waals surface area contributed by atoms with Gasteiger partial charge in [-0.1, -0.05) is 12.1 Å². The lowest BCUT2D eigenvalue weighted by molar-refractivity contribution is -0.119. The highest BCUT2D eigenvalue weighted by atomic mass is 16.2. The van der Waals surface area contributed by atoms with E-state index in [0.717, 1.165) is 41.2 Å². The lowest BCUT2D eigenvalue weighted by Gasteiger charge is -2.40. The number of hydrogen-bond donors (Lipinski definition) is 1. The van der Waals surface area contributed by atoms with E-state index in [9.17, 15) is 4.79 Å². The minimum absolute atomic E-state index is 0.121. The van der Waals surface area contributed by atoms with E-state index in [1.54, 1.807) is 17.2 Å². The average Bonchev–Trinajstić information content (AvgIpc) is 3.63. The Bertz CT molecular complexity index is 1210. The molecule has 7 heteroatoms. The van der Waals surface area contributed by atoms with Crippen molar-refractivity contribution in [3.63, 3.8) is 0 Å². The van der Waals surface area contributed by atoms with Crippen LogP contribution in [0.3, 0.4) is 0 Å². The minimum Gasteiger partial charge on any atom is -0.355 e. The Balaban J connectivity index is 1.46. The van der Waals surface area contributed by atoms with Gasteiger partial charge in [0.25, 0.3) is 0 Å². The maximum atomic E-state index is 12.7. The molecule has 2 aromatic carbocycles. The molecule has 0 spiro atoms. The number of hydrogen-bond acceptors (Lipinski definition) is 6. The molecule has 0 radical (unpaired) electrons. The highest BCUT2D eigenvalue weighted by Crippen LogP contribution is 2.43. The van der Waals surface area contributed by atoms with Gasteiger partial charge in [-0.3, -0.25) is 4.79 Å². The molecule has 1 saturated carbocycles. The van der Waals surface area contributed by atoms with Crippen LogP contribution >= 0.6 is 0 Å². The molecular formula is C24H22N6O. The van der Waals surface area contributed by atoms with E-state index in [4.69, 9.17) is 5.26 Å². The van der Waals surface area contributed by atoms with Crippen LogP contribution in [0.4, 0.5) is 23.0 Å². The summed E-state index contributed by atoms with van der Waals surface area (Å²) in [5.74, 6) is 0.599. The number of carbonyl (C=O) groups is 1. The van der Waals surface area contributed by atoms with Crippen molar-refractivity contribution in [2.24, 2.45) is 0 Å². The number of nitriles is 1. The van der Waals surface area contributed by atoms with Gasteiger partial charge in [-0.15, -0.1) is 0 Å². The molecule has 5 rings (SSSR count). The summed E-state index contributed by atoms with van der Waals surface area (Å²) in [5, 5.41) is 12.4. The number of likely N-dealkylation sites (N-methyl/N-ethyl adjacent to an activating group) is 1. The van der Waals surface area contributed by atoms with E-state index >= 15 is 0 Å². The van der Waals surface area contributed by atoms with Crippen LogP contribution in [0.2, 0.25) is 0 Å². The number of anilines is 4. The van der Waals surface area contributed by atoms with Gasteiger partial charge in [-0.05, 0) is 56.2 Å². The summed E-state index contributed by atoms with van der Waals surface area (Å²) < 4.78 is 0. The maximum absolute atomic E-state index is 12.7. The summed E-state index contributed by atoms with van der Waals surface area (Å²) in [4.78, 5) is 25.6. The van der Waals surface area contributed by atoms with Crippen molar-refractivity contribution in [1.29, 1.82) is 5.26 Å². The number of aromatic nitrogens is 2. The van der Waals surface area contributed by atoms with Crippen molar-refractivity contribution >= 4 is 28.9 Å². The highest BCUT2D eigenvalue weighted by molar-refractivity contribution is 6.05. The molecule has 1 atom stereocenters. The van der Waals surface area contributed by atoms with Crippen molar-refractivity contribution < 1.29 is 4.79 Å². The van der Waals surface area contributed by atoms with Crippen molar-refractivity contribution in [3.8, 4) is 17.3 Å². The van der Waals surface area contributed by atoms with Crippen LogP contribution in [0.15, 0.2) is 54.7 Å². The lowest BCUT2D eigenvalue weighted by atomic mass is 10.1. The molecule has 0 bridgehead atoms. The van der Waals surface area contributed by atoms with Gasteiger partial charge in [-0.25, -0.2) is 9.97 Å². The second kappa shape index (κ2) is 7.40. The number of nitrogens with zero attached hydrogens (tertiary/aromatic N) is 5. The number of rotatable bonds is 4. The predicted molar refractivity (Wildman–Crippen MR) is 120 cm³/mol. The Morgan fingerprint density at radius 2 is 1.97 bits per heavy atom. The normalized spacial score (nSPS) is 17.8. The fourth-order valence-corrected chi connectivity index (χ4v) is 4.14. The SMILES string of the molecule is CC1C(=O)N(C)c2ccc(Nc3nccc(-c4cccc(C#N)c4)n3)cc2N1C1CC1. The van der Waals surface area contributed by atoms with Gasteiger partial charge in [0.2, 0.25) is 11.9 Å². The van der Waals surface area contributed by atoms with E-state index in [1.165, 1.54) is 0 Å². The monoisotopic (exact) mass is 410 g/mol. The van der Waals surface area contributed by atoms with E-state index < -0.39 is 0 Å². The molecular weight excluding hydrogens is 388 g/mol. The summed E-state index contributed by atoms with van der Waals surface area (Å²) in [6.45, 7) is 1.97. The first kappa shape index (κ1) is 19.1. The number of carbonyl (C=O) groups excluding carboxylic acids is 1. The summed E-state index contributed by atoms with van der Waals surface area (Å²) in [5.41, 5.74) is 5.04. The predicted octanol–water partition coefficient (Wildman–Crippen LogP) is 4.09. The zero-order valence-corrected chi connectivity index (χ0v) is 17.4. The number of fused-ring (bicyclic) bond motifs is 1. The molecule has 154 valence electrons. The molecule has 3 aromatic rings. The second-order valence-corrected chi connectivity index (χ2v) is 8.00. The third-order valence-electron chi connectivity index (χ3n) is 5.86. The van der Waals surface area contributed by atoms with Crippen LogP contribution in [0.1, 0.15) is 25.3 Å². The molecule has 1 aliphatic heterocycles. The number of benzene rings is 2. The molecule has 2 heterocycles. The van der Waals surface area contributed by atoms with Crippen molar-refractivity contribution in [3.05, 3.63) is 60.3 Å². The van der Waals surface area contributed by atoms with Crippen molar-refractivity contribution in [2.75, 3.05) is 22.2 Å². The Labute approximate surface area is 181 Å². The standard InChI is InChI=1S/C24H22N6O/c1-15-23(31)29(2)21-9-6-18(13-22(21)30(15)19-7-8-19)27-24-26-11-10-20(28-24)17-5-3-4-16(12-17)14-25/h3-6,9-13,15,19H,7-8H2,1-2H3,(H,26,27,28). The van der Waals surface area contributed by atoms with Crippen LogP contribution in [0.25, 0.3) is 11.3 Å². The third kappa shape index (κ3) is 3.46. The van der Waals surface area contributed by atoms with E-state index in [1.807, 2.05) is 50.4 Å². The minimum atomic E-state index is -0.174. The Morgan fingerprint density at radius 1 is 1.13 bits per heavy atom. The lowest BCUT2D eigenvalue weighted by Crippen LogP contribution is -2.51. The molecule has 0 saturated heterocycles. The quantitative estimate of drug-likeness (QED) is 0.697. The van der Waals surface area contributed by atoms with Crippen LogP contribution in [0.5, 0.6) is 0 Å². The number of nitrogens with one attached hydrogen (secondary N) is 1. The van der Waals surface area contributed by atoms with E-state index in [2.05, 4.69) is 32.3 Å². The second-order valence-electron chi connectivity index (χ2n) is 8.00. The fraction of sp³-hybridized carbons (Fsp3) is 0.250. The van der Waals surface area contributed by atoms with Crippen molar-refractivity contribution in [2.45, 2.75) is 31.8 Å². The maximum Gasteiger partial charge on any atom is 0.249 e. The molecule has 31 heavy (non-hydrogen) atoms. The summed E-state index contributed by atoms with van der Waals surface area (Å²) in [6, 6.07) is 17.6. The molecule has 2 aliphatic rings. The first-order valence-corrected chi connectivity index (χ1v) is 10.4. The van der Waals surface area contributed by atoms with E-state index in [0.29, 0.717) is 17.6 Å². The molecule has 1 N–H and O–H groups in total. The highest BCUT2D eigenvalue weighted by Gasteiger charge is 2.41. The van der Waals surface area contributed by atoms with Gasteiger partial charge in [-0.2, -0.15) is 5.26 Å². The molecule has 1 unspecified atom stereocenters. The van der Waals surface area contributed by atoms with Gasteiger partial charge < -0.3 is 15.1 Å². The molecule has 1 aliphatic carbocycles. The summed E-state index contributed by atoms with van der Waals surface area (Å²) in [6.07, 6.45) is 3.93. The van der Waals surface area contributed by atoms with E-state index in [-0.39, 0.29) is 11.9 Å². The molecule has 1 fully saturated rings. The molecule has 1 aromatic heterocycles. The van der Waals surface area contributed by atoms with Gasteiger partial charge in [0, 0.05) is 30.5 Å². The third-order valence-corrected chi connectivity index (χ3v) is 5.86. The zero-order chi connectivity index (χ0) is 21.5. The van der Waals surface area contributed by atoms with Crippen LogP contribution in [-0.2, 0) is 4.79 Å². The number of amides is 1. The van der Waals surface area contributed by atoms with Gasteiger partial charge >= 0.3 is 0 Å². The summed E-state index contributed by atoms with van der Waals surface area (Å²) in [7, 11) is 1.83. The largest absolute Gasteiger partial charge is 0.355 e. The fourth-order valence-electron chi connectivity index (χ4n) is 4.14. The van der Waals surface area contributed by atoms with Crippen LogP contribution < -0.4 is 15.1 Å². The smallest absolute Gasteiger partial charge is 0.249 e.